The van der Waals surface area contributed by atoms with Crippen LogP contribution in [0, 0.1) is 20.8 Å². The van der Waals surface area contributed by atoms with Gasteiger partial charge < -0.3 is 20.4 Å². The quantitative estimate of drug-likeness (QED) is 0.251. The van der Waals surface area contributed by atoms with E-state index in [-0.39, 0.29) is 11.1 Å². The Bertz CT molecular complexity index is 1420. The lowest BCUT2D eigenvalue weighted by atomic mass is 9.90. The summed E-state index contributed by atoms with van der Waals surface area (Å²) in [6.45, 7) is 5.33. The largest absolute Gasteiger partial charge is 0.478 e. The molecule has 4 rings (SSSR count). The first-order valence-electron chi connectivity index (χ1n) is 11.4. The van der Waals surface area contributed by atoms with Gasteiger partial charge in [-0.15, -0.1) is 0 Å². The molecule has 0 aliphatic heterocycles. The lowest BCUT2D eigenvalue weighted by Gasteiger charge is -2.15. The number of aliphatic hydroxyl groups is 2. The van der Waals surface area contributed by atoms with Crippen molar-refractivity contribution < 1.29 is 30.0 Å². The molecule has 0 atom stereocenters. The van der Waals surface area contributed by atoms with Crippen molar-refractivity contribution in [3.05, 3.63) is 106 Å². The molecule has 0 amide bonds. The van der Waals surface area contributed by atoms with Crippen molar-refractivity contribution in [3.8, 4) is 33.4 Å². The first-order chi connectivity index (χ1) is 17.0. The van der Waals surface area contributed by atoms with Gasteiger partial charge in [-0.05, 0) is 101 Å². The predicted octanol–water partition coefficient (Wildman–Crippen LogP) is 5.99. The highest BCUT2D eigenvalue weighted by Crippen LogP contribution is 2.35. The minimum absolute atomic E-state index is 0.240. The van der Waals surface area contributed by atoms with Crippen LogP contribution in [0.15, 0.2) is 72.8 Å². The molecule has 0 aliphatic rings. The molecule has 0 saturated carbocycles. The van der Waals surface area contributed by atoms with Crippen molar-refractivity contribution in [3.63, 3.8) is 0 Å². The summed E-state index contributed by atoms with van der Waals surface area (Å²) in [7, 11) is 0. The number of aromatic carboxylic acids is 2. The van der Waals surface area contributed by atoms with E-state index in [1.165, 1.54) is 0 Å². The molecule has 0 unspecified atom stereocenters. The number of hydrogen-bond donors (Lipinski definition) is 4. The number of carboxylic acids is 2. The summed E-state index contributed by atoms with van der Waals surface area (Å²) in [6, 6.07) is 21.8. The highest BCUT2D eigenvalue weighted by atomic mass is 16.5. The Morgan fingerprint density at radius 1 is 0.528 bits per heavy atom. The summed E-state index contributed by atoms with van der Waals surface area (Å²) in [4.78, 5) is 23.0. The van der Waals surface area contributed by atoms with Gasteiger partial charge in [0.1, 0.15) is 0 Å². The number of hydrogen-bond acceptors (Lipinski definition) is 4. The SMILES string of the molecule is Cc1cc(-c2cc(-c3ccc(C(=O)O)c(C)c3)cc(-c3ccc(C(O)O)c(C)c3)c2)ccc1C(=O)O. The van der Waals surface area contributed by atoms with Crippen molar-refractivity contribution in [2.24, 2.45) is 0 Å². The molecular formula is C30H26O6. The summed E-state index contributed by atoms with van der Waals surface area (Å²) < 4.78 is 0. The summed E-state index contributed by atoms with van der Waals surface area (Å²) in [5.74, 6) is -1.96. The van der Waals surface area contributed by atoms with Crippen molar-refractivity contribution in [1.82, 2.24) is 0 Å². The van der Waals surface area contributed by atoms with Gasteiger partial charge in [-0.3, -0.25) is 0 Å². The van der Waals surface area contributed by atoms with Crippen LogP contribution in [0.1, 0.15) is 49.3 Å². The van der Waals surface area contributed by atoms with E-state index in [0.29, 0.717) is 16.7 Å². The van der Waals surface area contributed by atoms with Crippen LogP contribution in [0.4, 0.5) is 0 Å². The maximum Gasteiger partial charge on any atom is 0.335 e. The number of rotatable bonds is 6. The summed E-state index contributed by atoms with van der Waals surface area (Å²) in [5, 5.41) is 38.0. The Morgan fingerprint density at radius 2 is 0.889 bits per heavy atom. The van der Waals surface area contributed by atoms with Crippen molar-refractivity contribution in [2.75, 3.05) is 0 Å². The molecule has 0 spiro atoms. The second kappa shape index (κ2) is 9.77. The smallest absolute Gasteiger partial charge is 0.335 e. The normalized spacial score (nSPS) is 11.1. The van der Waals surface area contributed by atoms with Gasteiger partial charge in [0, 0.05) is 5.56 Å². The molecule has 0 fully saturated rings. The van der Waals surface area contributed by atoms with E-state index >= 15 is 0 Å². The minimum Gasteiger partial charge on any atom is -0.478 e. The molecular weight excluding hydrogens is 456 g/mol. The number of aryl methyl sites for hydroxylation is 3. The molecule has 0 bridgehead atoms. The van der Waals surface area contributed by atoms with Crippen LogP contribution in [-0.4, -0.2) is 32.4 Å². The standard InChI is InChI=1S/C30H26O6/c1-16-10-19(4-7-25(16)28(31)32)22-13-23(20-5-8-26(29(33)34)17(2)11-20)15-24(14-22)21-6-9-27(30(35)36)18(3)12-21/h4-15,28,31-32H,1-3H3,(H,33,34)(H,35,36). The van der Waals surface area contributed by atoms with Gasteiger partial charge in [0.15, 0.2) is 6.29 Å². The van der Waals surface area contributed by atoms with E-state index < -0.39 is 18.2 Å². The fraction of sp³-hybridized carbons (Fsp3) is 0.133. The Balaban J connectivity index is 1.91. The highest BCUT2D eigenvalue weighted by Gasteiger charge is 2.14. The summed E-state index contributed by atoms with van der Waals surface area (Å²) >= 11 is 0. The number of carbonyl (C=O) groups is 2. The fourth-order valence-electron chi connectivity index (χ4n) is 4.44. The average Bonchev–Trinajstić information content (AvgIpc) is 2.82. The van der Waals surface area contributed by atoms with E-state index in [1.54, 1.807) is 44.2 Å². The summed E-state index contributed by atoms with van der Waals surface area (Å²) in [5.41, 5.74) is 8.11. The van der Waals surface area contributed by atoms with E-state index in [9.17, 15) is 30.0 Å². The van der Waals surface area contributed by atoms with E-state index in [1.807, 2.05) is 49.4 Å². The average molecular weight is 483 g/mol. The third-order valence-electron chi connectivity index (χ3n) is 6.39. The van der Waals surface area contributed by atoms with Crippen LogP contribution in [-0.2, 0) is 0 Å². The second-order valence-corrected chi connectivity index (χ2v) is 8.91. The van der Waals surface area contributed by atoms with Crippen LogP contribution < -0.4 is 0 Å². The van der Waals surface area contributed by atoms with E-state index in [4.69, 9.17) is 0 Å². The molecule has 6 nitrogen and oxygen atoms in total. The Morgan fingerprint density at radius 3 is 1.19 bits per heavy atom. The van der Waals surface area contributed by atoms with E-state index in [0.717, 1.165) is 38.9 Å². The van der Waals surface area contributed by atoms with Gasteiger partial charge in [0.25, 0.3) is 0 Å². The Hall–Kier alpha value is -4.26. The third-order valence-corrected chi connectivity index (χ3v) is 6.39. The second-order valence-electron chi connectivity index (χ2n) is 8.91. The number of benzene rings is 4. The maximum absolute atomic E-state index is 11.5. The van der Waals surface area contributed by atoms with E-state index in [2.05, 4.69) is 0 Å². The third kappa shape index (κ3) is 4.91. The predicted molar refractivity (Wildman–Crippen MR) is 138 cm³/mol. The van der Waals surface area contributed by atoms with Crippen LogP contribution in [0.5, 0.6) is 0 Å². The molecule has 0 heterocycles. The Labute approximate surface area is 208 Å². The Kier molecular flexibility index (Phi) is 6.75. The minimum atomic E-state index is -1.56. The van der Waals surface area contributed by atoms with Gasteiger partial charge in [0.05, 0.1) is 11.1 Å². The first kappa shape index (κ1) is 24.9. The molecule has 0 aromatic heterocycles. The van der Waals surface area contributed by atoms with Crippen LogP contribution in [0.25, 0.3) is 33.4 Å². The van der Waals surface area contributed by atoms with Gasteiger partial charge in [0.2, 0.25) is 0 Å². The fourth-order valence-corrected chi connectivity index (χ4v) is 4.44. The van der Waals surface area contributed by atoms with Gasteiger partial charge in [-0.25, -0.2) is 9.59 Å². The molecule has 4 aromatic carbocycles. The summed E-state index contributed by atoms with van der Waals surface area (Å²) in [6.07, 6.45) is -1.56. The maximum atomic E-state index is 11.5. The lowest BCUT2D eigenvalue weighted by molar-refractivity contribution is -0.0429. The molecule has 4 aromatic rings. The molecule has 0 aliphatic carbocycles. The number of carboxylic acid groups (broad SMARTS) is 2. The highest BCUT2D eigenvalue weighted by molar-refractivity contribution is 5.92. The first-order valence-corrected chi connectivity index (χ1v) is 11.4. The van der Waals surface area contributed by atoms with Crippen LogP contribution in [0.3, 0.4) is 0 Å². The molecule has 4 N–H and O–H groups in total. The topological polar surface area (TPSA) is 115 Å². The molecule has 0 saturated heterocycles. The molecule has 0 radical (unpaired) electrons. The van der Waals surface area contributed by atoms with Crippen LogP contribution in [0.2, 0.25) is 0 Å². The molecule has 36 heavy (non-hydrogen) atoms. The molecule has 6 heteroatoms. The van der Waals surface area contributed by atoms with Gasteiger partial charge in [-0.1, -0.05) is 42.5 Å². The van der Waals surface area contributed by atoms with Gasteiger partial charge >= 0.3 is 11.9 Å². The zero-order valence-electron chi connectivity index (χ0n) is 20.1. The van der Waals surface area contributed by atoms with Crippen LogP contribution >= 0.6 is 0 Å². The van der Waals surface area contributed by atoms with Crippen molar-refractivity contribution in [2.45, 2.75) is 27.1 Å². The zero-order chi connectivity index (χ0) is 26.1. The lowest BCUT2D eigenvalue weighted by Crippen LogP contribution is -2.00. The van der Waals surface area contributed by atoms with Crippen molar-refractivity contribution >= 4 is 11.9 Å². The monoisotopic (exact) mass is 482 g/mol. The molecule has 182 valence electrons. The number of aliphatic hydroxyl groups excluding tert-OH is 1. The van der Waals surface area contributed by atoms with Crippen molar-refractivity contribution in [1.29, 1.82) is 0 Å². The zero-order valence-corrected chi connectivity index (χ0v) is 20.1. The van der Waals surface area contributed by atoms with Gasteiger partial charge in [-0.2, -0.15) is 0 Å².